The molecule has 7 heteroatoms. The van der Waals surface area contributed by atoms with E-state index in [1.54, 1.807) is 46.8 Å². The van der Waals surface area contributed by atoms with Crippen LogP contribution in [0, 0.1) is 0 Å². The fourth-order valence-electron chi connectivity index (χ4n) is 3.26. The van der Waals surface area contributed by atoms with Gasteiger partial charge in [-0.15, -0.1) is 0 Å². The smallest absolute Gasteiger partial charge is 0.296 e. The van der Waals surface area contributed by atoms with E-state index in [0.29, 0.717) is 38.2 Å². The van der Waals surface area contributed by atoms with Crippen LogP contribution < -0.4 is 0 Å². The molecule has 0 radical (unpaired) electrons. The maximum Gasteiger partial charge on any atom is 0.296 e. The minimum absolute atomic E-state index is 0.0204. The number of ketones is 1. The summed E-state index contributed by atoms with van der Waals surface area (Å²) in [7, 11) is 3.51. The lowest BCUT2D eigenvalue weighted by atomic mass is 9.89. The van der Waals surface area contributed by atoms with Crippen molar-refractivity contribution in [2.75, 3.05) is 33.3 Å². The molecule has 3 heterocycles. The summed E-state index contributed by atoms with van der Waals surface area (Å²) in [6.45, 7) is 1.57. The molecule has 2 fully saturated rings. The lowest BCUT2D eigenvalue weighted by Crippen LogP contribution is -2.58. The molecule has 0 N–H and O–H groups in total. The van der Waals surface area contributed by atoms with E-state index in [2.05, 4.69) is 0 Å². The molecule has 0 aliphatic carbocycles. The Balaban J connectivity index is 1.63. The number of piperidine rings is 1. The van der Waals surface area contributed by atoms with E-state index in [0.717, 1.165) is 0 Å². The maximum absolute atomic E-state index is 12.4. The Morgan fingerprint density at radius 1 is 1.22 bits per heavy atom. The predicted octanol–water partition coefficient (Wildman–Crippen LogP) is 0.0576. The Morgan fingerprint density at radius 2 is 1.91 bits per heavy atom. The zero-order valence-corrected chi connectivity index (χ0v) is 13.4. The minimum atomic E-state index is -0.481. The SMILES string of the molecule is CN1CC2(CCN(C(=O)C(=O)c3cccn3C)CC2)OCC1=O. The number of hydrogen-bond donors (Lipinski definition) is 0. The van der Waals surface area contributed by atoms with Gasteiger partial charge in [0.15, 0.2) is 0 Å². The lowest BCUT2D eigenvalue weighted by molar-refractivity contribution is -0.170. The first-order valence-electron chi connectivity index (χ1n) is 7.75. The van der Waals surface area contributed by atoms with Gasteiger partial charge in [-0.25, -0.2) is 0 Å². The van der Waals surface area contributed by atoms with E-state index in [4.69, 9.17) is 4.74 Å². The first kappa shape index (κ1) is 15.7. The topological polar surface area (TPSA) is 71.8 Å². The molecule has 3 rings (SSSR count). The van der Waals surface area contributed by atoms with Crippen LogP contribution in [0.3, 0.4) is 0 Å². The second kappa shape index (κ2) is 5.81. The number of hydrogen-bond acceptors (Lipinski definition) is 4. The van der Waals surface area contributed by atoms with Gasteiger partial charge in [0.2, 0.25) is 5.91 Å². The van der Waals surface area contributed by atoms with Crippen LogP contribution in [0.1, 0.15) is 23.3 Å². The number of carbonyl (C=O) groups is 3. The van der Waals surface area contributed by atoms with Crippen molar-refractivity contribution in [2.45, 2.75) is 18.4 Å². The number of likely N-dealkylation sites (N-methyl/N-ethyl adjacent to an activating group) is 1. The molecule has 2 aliphatic heterocycles. The summed E-state index contributed by atoms with van der Waals surface area (Å²) in [5, 5.41) is 0. The van der Waals surface area contributed by atoms with E-state index in [9.17, 15) is 14.4 Å². The molecule has 0 bridgehead atoms. The van der Waals surface area contributed by atoms with Gasteiger partial charge in [-0.1, -0.05) is 0 Å². The summed E-state index contributed by atoms with van der Waals surface area (Å²) >= 11 is 0. The van der Waals surface area contributed by atoms with E-state index < -0.39 is 11.7 Å². The summed E-state index contributed by atoms with van der Waals surface area (Å²) in [6, 6.07) is 3.39. The third-order valence-corrected chi connectivity index (χ3v) is 4.79. The second-order valence-electron chi connectivity index (χ2n) is 6.35. The largest absolute Gasteiger partial charge is 0.363 e. The Labute approximate surface area is 134 Å². The molecule has 1 aromatic heterocycles. The molecule has 1 spiro atoms. The molecule has 0 atom stereocenters. The third kappa shape index (κ3) is 2.88. The minimum Gasteiger partial charge on any atom is -0.363 e. The van der Waals surface area contributed by atoms with Gasteiger partial charge in [0.1, 0.15) is 6.61 Å². The van der Waals surface area contributed by atoms with E-state index in [1.807, 2.05) is 0 Å². The molecular weight excluding hydrogens is 298 g/mol. The van der Waals surface area contributed by atoms with Gasteiger partial charge < -0.3 is 19.1 Å². The van der Waals surface area contributed by atoms with Gasteiger partial charge in [-0.3, -0.25) is 14.4 Å². The second-order valence-corrected chi connectivity index (χ2v) is 6.35. The van der Waals surface area contributed by atoms with Crippen LogP contribution in [0.5, 0.6) is 0 Å². The van der Waals surface area contributed by atoms with Crippen molar-refractivity contribution in [1.29, 1.82) is 0 Å². The Bertz CT molecular complexity index is 644. The van der Waals surface area contributed by atoms with Crippen molar-refractivity contribution in [3.63, 3.8) is 0 Å². The summed E-state index contributed by atoms with van der Waals surface area (Å²) in [6.07, 6.45) is 3.02. The summed E-state index contributed by atoms with van der Waals surface area (Å²) in [5.41, 5.74) is 0.0162. The van der Waals surface area contributed by atoms with Gasteiger partial charge in [0.25, 0.3) is 11.7 Å². The summed E-state index contributed by atoms with van der Waals surface area (Å²) < 4.78 is 7.40. The standard InChI is InChI=1S/C16H21N3O4/c1-17-7-3-4-12(17)14(21)15(22)19-8-5-16(6-9-19)11-18(2)13(20)10-23-16/h3-4,7H,5-6,8-11H2,1-2H3. The highest BCUT2D eigenvalue weighted by molar-refractivity contribution is 6.42. The van der Waals surface area contributed by atoms with Crippen LogP contribution in [-0.4, -0.2) is 70.9 Å². The number of carbonyl (C=O) groups excluding carboxylic acids is 3. The molecule has 2 aliphatic rings. The highest BCUT2D eigenvalue weighted by Gasteiger charge is 2.42. The molecule has 124 valence electrons. The van der Waals surface area contributed by atoms with Gasteiger partial charge in [0, 0.05) is 39.9 Å². The number of aryl methyl sites for hydroxylation is 1. The lowest BCUT2D eigenvalue weighted by Gasteiger charge is -2.45. The average molecular weight is 319 g/mol. The number of Topliss-reactive ketones (excluding diaryl/α,β-unsaturated/α-hetero) is 1. The molecule has 7 nitrogen and oxygen atoms in total. The Kier molecular flexibility index (Phi) is 3.97. The summed E-state index contributed by atoms with van der Waals surface area (Å²) in [5.74, 6) is -0.972. The number of rotatable bonds is 2. The maximum atomic E-state index is 12.4. The molecule has 0 aromatic carbocycles. The summed E-state index contributed by atoms with van der Waals surface area (Å²) in [4.78, 5) is 39.5. The van der Waals surface area contributed by atoms with E-state index in [1.165, 1.54) is 0 Å². The van der Waals surface area contributed by atoms with Crippen molar-refractivity contribution in [3.8, 4) is 0 Å². The van der Waals surface area contributed by atoms with Crippen molar-refractivity contribution in [3.05, 3.63) is 24.0 Å². The molecule has 2 amide bonds. The van der Waals surface area contributed by atoms with Crippen LogP contribution in [0.25, 0.3) is 0 Å². The Morgan fingerprint density at radius 3 is 2.48 bits per heavy atom. The molecule has 1 aromatic rings. The molecule has 0 unspecified atom stereocenters. The van der Waals surface area contributed by atoms with Crippen LogP contribution in [-0.2, 0) is 21.4 Å². The fourth-order valence-corrected chi connectivity index (χ4v) is 3.26. The number of ether oxygens (including phenoxy) is 1. The van der Waals surface area contributed by atoms with Crippen molar-refractivity contribution in [1.82, 2.24) is 14.4 Å². The third-order valence-electron chi connectivity index (χ3n) is 4.79. The van der Waals surface area contributed by atoms with E-state index in [-0.39, 0.29) is 18.1 Å². The van der Waals surface area contributed by atoms with Crippen molar-refractivity contribution in [2.24, 2.45) is 7.05 Å². The zero-order chi connectivity index (χ0) is 16.6. The first-order chi connectivity index (χ1) is 10.9. The number of aromatic nitrogens is 1. The van der Waals surface area contributed by atoms with Gasteiger partial charge >= 0.3 is 0 Å². The van der Waals surface area contributed by atoms with E-state index >= 15 is 0 Å². The van der Waals surface area contributed by atoms with Crippen LogP contribution in [0.4, 0.5) is 0 Å². The highest BCUT2D eigenvalue weighted by atomic mass is 16.5. The van der Waals surface area contributed by atoms with Gasteiger partial charge in [0.05, 0.1) is 11.3 Å². The average Bonchev–Trinajstić information content (AvgIpc) is 2.97. The highest BCUT2D eigenvalue weighted by Crippen LogP contribution is 2.30. The van der Waals surface area contributed by atoms with Crippen molar-refractivity contribution < 1.29 is 19.1 Å². The number of nitrogens with zero attached hydrogens (tertiary/aromatic N) is 3. The Hall–Kier alpha value is -2.15. The van der Waals surface area contributed by atoms with Crippen LogP contribution in [0.2, 0.25) is 0 Å². The number of likely N-dealkylation sites (tertiary alicyclic amines) is 1. The molecule has 2 saturated heterocycles. The monoisotopic (exact) mass is 319 g/mol. The van der Waals surface area contributed by atoms with Crippen LogP contribution in [0.15, 0.2) is 18.3 Å². The van der Waals surface area contributed by atoms with Crippen LogP contribution >= 0.6 is 0 Å². The molecular formula is C16H21N3O4. The van der Waals surface area contributed by atoms with Crippen molar-refractivity contribution >= 4 is 17.6 Å². The molecule has 0 saturated carbocycles. The zero-order valence-electron chi connectivity index (χ0n) is 13.4. The first-order valence-corrected chi connectivity index (χ1v) is 7.75. The molecule has 23 heavy (non-hydrogen) atoms. The normalized spacial score (nSPS) is 20.9. The number of morpholine rings is 1. The van der Waals surface area contributed by atoms with Gasteiger partial charge in [-0.2, -0.15) is 0 Å². The fraction of sp³-hybridized carbons (Fsp3) is 0.562. The quantitative estimate of drug-likeness (QED) is 0.571. The van der Waals surface area contributed by atoms with Gasteiger partial charge in [-0.05, 0) is 25.0 Å². The predicted molar refractivity (Wildman–Crippen MR) is 81.9 cm³/mol. The number of amides is 2.